The molecule has 0 aliphatic carbocycles. The lowest BCUT2D eigenvalue weighted by Crippen LogP contribution is -2.01. The molecule has 0 N–H and O–H groups in total. The van der Waals surface area contributed by atoms with Crippen molar-refractivity contribution in [3.63, 3.8) is 0 Å². The average Bonchev–Trinajstić information content (AvgIpc) is 2.64. The van der Waals surface area contributed by atoms with E-state index in [0.717, 1.165) is 20.9 Å². The maximum Gasteiger partial charge on any atom is 0.337 e. The molecule has 1 aliphatic heterocycles. The molecule has 2 nitrogen and oxygen atoms in total. The molecule has 0 atom stereocenters. The number of benzene rings is 2. The van der Waals surface area contributed by atoms with Gasteiger partial charge in [-0.2, -0.15) is 0 Å². The monoisotopic (exact) mass is 286 g/mol. The molecule has 0 amide bonds. The van der Waals surface area contributed by atoms with Gasteiger partial charge in [-0.15, -0.1) is 0 Å². The van der Waals surface area contributed by atoms with Gasteiger partial charge in [0.25, 0.3) is 0 Å². The van der Waals surface area contributed by atoms with Gasteiger partial charge in [0, 0.05) is 9.79 Å². The Labute approximate surface area is 120 Å². The van der Waals surface area contributed by atoms with Crippen LogP contribution in [0.25, 0.3) is 12.2 Å². The van der Waals surface area contributed by atoms with E-state index >= 15 is 0 Å². The fourth-order valence-corrected chi connectivity index (χ4v) is 3.14. The number of hydrogen-bond donors (Lipinski definition) is 0. The highest BCUT2D eigenvalue weighted by Gasteiger charge is 2.14. The molecular formula is C16H11FO2S. The zero-order valence-corrected chi connectivity index (χ0v) is 11.5. The Morgan fingerprint density at radius 1 is 1.05 bits per heavy atom. The fraction of sp³-hybridized carbons (Fsp3) is 0.0625. The van der Waals surface area contributed by atoms with Crippen molar-refractivity contribution in [3.05, 3.63) is 58.9 Å². The third-order valence-electron chi connectivity index (χ3n) is 3.07. The van der Waals surface area contributed by atoms with Crippen LogP contribution in [0.4, 0.5) is 4.39 Å². The molecular weight excluding hydrogens is 275 g/mol. The maximum absolute atomic E-state index is 13.4. The summed E-state index contributed by atoms with van der Waals surface area (Å²) in [6.07, 6.45) is 3.92. The normalized spacial score (nSPS) is 12.3. The highest BCUT2D eigenvalue weighted by Crippen LogP contribution is 2.38. The minimum Gasteiger partial charge on any atom is -0.465 e. The molecule has 1 aliphatic rings. The number of ether oxygens (including phenoxy) is 1. The summed E-state index contributed by atoms with van der Waals surface area (Å²) in [6.45, 7) is 0. The number of hydrogen-bond acceptors (Lipinski definition) is 3. The van der Waals surface area contributed by atoms with Crippen LogP contribution in [0.2, 0.25) is 0 Å². The Bertz CT molecular complexity index is 722. The van der Waals surface area contributed by atoms with Gasteiger partial charge in [0.1, 0.15) is 5.82 Å². The molecule has 0 unspecified atom stereocenters. The summed E-state index contributed by atoms with van der Waals surface area (Å²) in [5.41, 5.74) is 2.46. The second-order valence-corrected chi connectivity index (χ2v) is 5.45. The van der Waals surface area contributed by atoms with E-state index in [1.165, 1.54) is 31.0 Å². The summed E-state index contributed by atoms with van der Waals surface area (Å²) in [5, 5.41) is 0. The van der Waals surface area contributed by atoms with E-state index in [2.05, 4.69) is 0 Å². The van der Waals surface area contributed by atoms with Crippen molar-refractivity contribution >= 4 is 29.9 Å². The summed E-state index contributed by atoms with van der Waals surface area (Å²) in [5.74, 6) is -0.640. The molecule has 1 heterocycles. The third kappa shape index (κ3) is 2.34. The van der Waals surface area contributed by atoms with Crippen molar-refractivity contribution < 1.29 is 13.9 Å². The van der Waals surface area contributed by atoms with E-state index in [1.54, 1.807) is 18.2 Å². The van der Waals surface area contributed by atoms with E-state index in [-0.39, 0.29) is 11.8 Å². The molecule has 0 radical (unpaired) electrons. The van der Waals surface area contributed by atoms with Crippen molar-refractivity contribution in [3.8, 4) is 0 Å². The largest absolute Gasteiger partial charge is 0.465 e. The van der Waals surface area contributed by atoms with Crippen molar-refractivity contribution in [1.82, 2.24) is 0 Å². The van der Waals surface area contributed by atoms with E-state index in [4.69, 9.17) is 4.74 Å². The topological polar surface area (TPSA) is 26.3 Å². The number of methoxy groups -OCH3 is 1. The van der Waals surface area contributed by atoms with Crippen molar-refractivity contribution in [2.75, 3.05) is 7.11 Å². The summed E-state index contributed by atoms with van der Waals surface area (Å²) in [6, 6.07) is 10.1. The average molecular weight is 286 g/mol. The molecule has 3 rings (SSSR count). The smallest absolute Gasteiger partial charge is 0.337 e. The first-order valence-electron chi connectivity index (χ1n) is 6.05. The second kappa shape index (κ2) is 5.13. The van der Waals surface area contributed by atoms with E-state index in [1.807, 2.05) is 18.2 Å². The van der Waals surface area contributed by atoms with Crippen molar-refractivity contribution in [2.24, 2.45) is 0 Å². The zero-order valence-electron chi connectivity index (χ0n) is 10.7. The Balaban J connectivity index is 2.08. The Kier molecular flexibility index (Phi) is 3.32. The van der Waals surface area contributed by atoms with Crippen LogP contribution in [0, 0.1) is 5.82 Å². The fourth-order valence-electron chi connectivity index (χ4n) is 2.04. The summed E-state index contributed by atoms with van der Waals surface area (Å²) in [7, 11) is 1.35. The maximum atomic E-state index is 13.4. The minimum atomic E-state index is -0.374. The van der Waals surface area contributed by atoms with Gasteiger partial charge >= 0.3 is 5.97 Å². The van der Waals surface area contributed by atoms with Crippen LogP contribution in [-0.4, -0.2) is 13.1 Å². The molecule has 2 aromatic carbocycles. The number of carbonyl (C=O) groups excluding carboxylic acids is 1. The van der Waals surface area contributed by atoms with Gasteiger partial charge in [0.05, 0.1) is 12.7 Å². The zero-order chi connectivity index (χ0) is 14.1. The van der Waals surface area contributed by atoms with Crippen LogP contribution >= 0.6 is 11.8 Å². The van der Waals surface area contributed by atoms with Crippen molar-refractivity contribution in [1.29, 1.82) is 0 Å². The van der Waals surface area contributed by atoms with Crippen LogP contribution in [0.15, 0.2) is 46.2 Å². The van der Waals surface area contributed by atoms with Crippen molar-refractivity contribution in [2.45, 2.75) is 9.79 Å². The van der Waals surface area contributed by atoms with Gasteiger partial charge < -0.3 is 4.74 Å². The first kappa shape index (κ1) is 12.9. The lowest BCUT2D eigenvalue weighted by Gasteiger charge is -2.07. The Hall–Kier alpha value is -2.07. The standard InChI is InChI=1S/C16H11FO2S/c1-19-16(18)12-5-4-10-2-3-11-6-7-13(17)9-15(11)20-14(10)8-12/h2-9H,1H3. The molecule has 0 bridgehead atoms. The van der Waals surface area contributed by atoms with Crippen LogP contribution in [-0.2, 0) is 4.74 Å². The number of fused-ring (bicyclic) bond motifs is 2. The highest BCUT2D eigenvalue weighted by molar-refractivity contribution is 7.99. The molecule has 100 valence electrons. The summed E-state index contributed by atoms with van der Waals surface area (Å²) >= 11 is 1.45. The predicted molar refractivity (Wildman–Crippen MR) is 77.2 cm³/mol. The number of carbonyl (C=O) groups is 1. The van der Waals surface area contributed by atoms with Gasteiger partial charge in [-0.25, -0.2) is 9.18 Å². The molecule has 0 aromatic heterocycles. The van der Waals surface area contributed by atoms with Gasteiger partial charge in [0.2, 0.25) is 0 Å². The van der Waals surface area contributed by atoms with E-state index in [0.29, 0.717) is 5.56 Å². The molecule has 0 fully saturated rings. The van der Waals surface area contributed by atoms with Gasteiger partial charge in [0.15, 0.2) is 0 Å². The van der Waals surface area contributed by atoms with Crippen LogP contribution in [0.5, 0.6) is 0 Å². The molecule has 20 heavy (non-hydrogen) atoms. The van der Waals surface area contributed by atoms with Gasteiger partial charge in [-0.1, -0.05) is 36.0 Å². The SMILES string of the molecule is COC(=O)c1ccc2c(c1)Sc1cc(F)ccc1C=C2. The third-order valence-corrected chi connectivity index (χ3v) is 4.22. The molecule has 0 saturated heterocycles. The number of esters is 1. The predicted octanol–water partition coefficient (Wildman–Crippen LogP) is 4.25. The minimum absolute atomic E-state index is 0.266. The highest BCUT2D eigenvalue weighted by atomic mass is 32.2. The first-order chi connectivity index (χ1) is 9.67. The lowest BCUT2D eigenvalue weighted by atomic mass is 10.1. The second-order valence-electron chi connectivity index (χ2n) is 4.36. The number of rotatable bonds is 1. The van der Waals surface area contributed by atoms with E-state index < -0.39 is 0 Å². The van der Waals surface area contributed by atoms with Crippen LogP contribution < -0.4 is 0 Å². The molecule has 2 aromatic rings. The van der Waals surface area contributed by atoms with Crippen LogP contribution in [0.3, 0.4) is 0 Å². The lowest BCUT2D eigenvalue weighted by molar-refractivity contribution is 0.0600. The first-order valence-corrected chi connectivity index (χ1v) is 6.87. The van der Waals surface area contributed by atoms with Gasteiger partial charge in [-0.3, -0.25) is 0 Å². The molecule has 4 heteroatoms. The van der Waals surface area contributed by atoms with Gasteiger partial charge in [-0.05, 0) is 35.4 Å². The summed E-state index contributed by atoms with van der Waals surface area (Å²) < 4.78 is 18.1. The Morgan fingerprint density at radius 3 is 2.40 bits per heavy atom. The Morgan fingerprint density at radius 2 is 1.70 bits per heavy atom. The van der Waals surface area contributed by atoms with E-state index in [9.17, 15) is 9.18 Å². The quantitative estimate of drug-likeness (QED) is 0.626. The molecule has 0 spiro atoms. The number of halogens is 1. The summed E-state index contributed by atoms with van der Waals surface area (Å²) in [4.78, 5) is 13.3. The van der Waals surface area contributed by atoms with Crippen LogP contribution in [0.1, 0.15) is 21.5 Å². The molecule has 0 saturated carbocycles.